The lowest BCUT2D eigenvalue weighted by Gasteiger charge is -2.09. The number of nitrogens with one attached hydrogen (secondary N) is 1. The van der Waals surface area contributed by atoms with Crippen LogP contribution in [0, 0.1) is 0 Å². The van der Waals surface area contributed by atoms with Crippen LogP contribution in [-0.4, -0.2) is 22.0 Å². The van der Waals surface area contributed by atoms with Crippen LogP contribution >= 0.6 is 23.1 Å². The molecular formula is C14H14N4O2S2. The molecule has 2 heterocycles. The van der Waals surface area contributed by atoms with E-state index < -0.39 is 0 Å². The van der Waals surface area contributed by atoms with Crippen LogP contribution in [0.1, 0.15) is 12.6 Å². The van der Waals surface area contributed by atoms with Crippen molar-refractivity contribution in [2.24, 2.45) is 0 Å². The first-order chi connectivity index (χ1) is 10.8. The molecule has 22 heavy (non-hydrogen) atoms. The van der Waals surface area contributed by atoms with Crippen LogP contribution in [0.25, 0.3) is 0 Å². The van der Waals surface area contributed by atoms with E-state index in [1.165, 1.54) is 11.3 Å². The lowest BCUT2D eigenvalue weighted by molar-refractivity contribution is 0.342. The molecule has 0 saturated heterocycles. The van der Waals surface area contributed by atoms with Gasteiger partial charge in [0.25, 0.3) is 0 Å². The molecule has 0 aliphatic rings. The van der Waals surface area contributed by atoms with Gasteiger partial charge in [0, 0.05) is 11.8 Å². The molecule has 1 aromatic carbocycles. The van der Waals surface area contributed by atoms with E-state index >= 15 is 0 Å². The van der Waals surface area contributed by atoms with E-state index in [0.29, 0.717) is 12.4 Å². The zero-order chi connectivity index (χ0) is 15.2. The molecule has 6 nitrogen and oxygen atoms in total. The maximum Gasteiger partial charge on any atom is 0.210 e. The van der Waals surface area contributed by atoms with Crippen molar-refractivity contribution in [3.63, 3.8) is 0 Å². The van der Waals surface area contributed by atoms with Gasteiger partial charge in [-0.25, -0.2) is 0 Å². The molecule has 0 bridgehead atoms. The number of anilines is 2. The molecule has 3 aromatic rings. The van der Waals surface area contributed by atoms with Crippen LogP contribution in [-0.2, 0) is 5.75 Å². The molecule has 0 saturated carbocycles. The summed E-state index contributed by atoms with van der Waals surface area (Å²) < 4.78 is 11.3. The third-order valence-corrected chi connectivity index (χ3v) is 4.68. The molecule has 0 radical (unpaired) electrons. The van der Waals surface area contributed by atoms with E-state index in [1.807, 2.05) is 37.3 Å². The number of ether oxygens (including phenoxy) is 1. The average molecular weight is 334 g/mol. The minimum Gasteiger partial charge on any atom is -0.492 e. The van der Waals surface area contributed by atoms with Crippen LogP contribution in [0.15, 0.2) is 45.5 Å². The second-order valence-corrected chi connectivity index (χ2v) is 6.41. The zero-order valence-electron chi connectivity index (χ0n) is 11.9. The Balaban J connectivity index is 1.64. The van der Waals surface area contributed by atoms with Gasteiger partial charge in [-0.2, -0.15) is 0 Å². The van der Waals surface area contributed by atoms with Crippen molar-refractivity contribution in [3.8, 4) is 5.75 Å². The van der Waals surface area contributed by atoms with Gasteiger partial charge in [0.1, 0.15) is 12.0 Å². The third-order valence-electron chi connectivity index (χ3n) is 2.67. The van der Waals surface area contributed by atoms with Crippen LogP contribution in [0.3, 0.4) is 0 Å². The topological polar surface area (TPSA) is 73.1 Å². The summed E-state index contributed by atoms with van der Waals surface area (Å²) >= 11 is 3.07. The quantitative estimate of drug-likeness (QED) is 0.656. The second-order valence-electron chi connectivity index (χ2n) is 4.21. The Morgan fingerprint density at radius 3 is 3.00 bits per heavy atom. The maximum atomic E-state index is 5.58. The van der Waals surface area contributed by atoms with E-state index in [1.54, 1.807) is 18.0 Å². The summed E-state index contributed by atoms with van der Waals surface area (Å²) in [6.07, 6.45) is 1.56. The van der Waals surface area contributed by atoms with Crippen LogP contribution < -0.4 is 10.1 Å². The molecule has 0 spiro atoms. The number of thioether (sulfide) groups is 1. The number of benzene rings is 1. The first kappa shape index (κ1) is 14.9. The highest BCUT2D eigenvalue weighted by atomic mass is 32.2. The van der Waals surface area contributed by atoms with Crippen LogP contribution in [0.5, 0.6) is 5.75 Å². The van der Waals surface area contributed by atoms with Gasteiger partial charge in [0.05, 0.1) is 18.0 Å². The van der Waals surface area contributed by atoms with Gasteiger partial charge in [-0.15, -0.1) is 10.2 Å². The monoisotopic (exact) mass is 334 g/mol. The third kappa shape index (κ3) is 3.77. The Labute approximate surface area is 135 Å². The van der Waals surface area contributed by atoms with E-state index in [0.717, 1.165) is 26.6 Å². The van der Waals surface area contributed by atoms with E-state index in [9.17, 15) is 0 Å². The van der Waals surface area contributed by atoms with Gasteiger partial charge >= 0.3 is 0 Å². The van der Waals surface area contributed by atoms with Crippen molar-refractivity contribution in [2.45, 2.75) is 17.0 Å². The number of nitrogens with zero attached hydrogens (tertiary/aromatic N) is 3. The number of hydrogen-bond acceptors (Lipinski definition) is 8. The minimum atomic E-state index is 0.619. The fourth-order valence-corrected chi connectivity index (χ4v) is 3.39. The van der Waals surface area contributed by atoms with E-state index in [2.05, 4.69) is 20.7 Å². The van der Waals surface area contributed by atoms with Gasteiger partial charge in [-0.05, 0) is 19.1 Å². The fraction of sp³-hybridized carbons (Fsp3) is 0.214. The predicted molar refractivity (Wildman–Crippen MR) is 86.9 cm³/mol. The van der Waals surface area contributed by atoms with Gasteiger partial charge in [0.2, 0.25) is 5.13 Å². The molecule has 0 amide bonds. The molecule has 0 fully saturated rings. The summed E-state index contributed by atoms with van der Waals surface area (Å²) in [5.74, 6) is 1.51. The SMILES string of the molecule is CCOc1ccccc1Nc1nnc(SCc2ccon2)s1. The number of hydrogen-bond donors (Lipinski definition) is 1. The Morgan fingerprint density at radius 2 is 2.18 bits per heavy atom. The minimum absolute atomic E-state index is 0.619. The highest BCUT2D eigenvalue weighted by Crippen LogP contribution is 2.32. The van der Waals surface area contributed by atoms with Crippen LogP contribution in [0.2, 0.25) is 0 Å². The molecule has 0 unspecified atom stereocenters. The van der Waals surface area contributed by atoms with E-state index in [4.69, 9.17) is 9.26 Å². The first-order valence-electron chi connectivity index (χ1n) is 6.69. The average Bonchev–Trinajstić information content (AvgIpc) is 3.19. The zero-order valence-corrected chi connectivity index (χ0v) is 13.5. The van der Waals surface area contributed by atoms with Crippen molar-refractivity contribution in [2.75, 3.05) is 11.9 Å². The lowest BCUT2D eigenvalue weighted by atomic mass is 10.3. The summed E-state index contributed by atoms with van der Waals surface area (Å²) in [6.45, 7) is 2.58. The van der Waals surface area contributed by atoms with Crippen molar-refractivity contribution < 1.29 is 9.26 Å². The molecule has 8 heteroatoms. The van der Waals surface area contributed by atoms with Crippen LogP contribution in [0.4, 0.5) is 10.8 Å². The Hall–Kier alpha value is -2.06. The highest BCUT2D eigenvalue weighted by molar-refractivity contribution is 8.00. The van der Waals surface area contributed by atoms with Gasteiger partial charge in [-0.1, -0.05) is 40.4 Å². The molecular weight excluding hydrogens is 320 g/mol. The molecule has 0 atom stereocenters. The predicted octanol–water partition coefficient (Wildman–Crippen LogP) is 3.96. The maximum absolute atomic E-state index is 5.58. The Morgan fingerprint density at radius 1 is 1.27 bits per heavy atom. The highest BCUT2D eigenvalue weighted by Gasteiger charge is 2.09. The summed E-state index contributed by atoms with van der Waals surface area (Å²) in [5.41, 5.74) is 1.77. The fourth-order valence-electron chi connectivity index (χ4n) is 1.73. The first-order valence-corrected chi connectivity index (χ1v) is 8.50. The van der Waals surface area contributed by atoms with Gasteiger partial charge < -0.3 is 14.6 Å². The molecule has 3 rings (SSSR count). The van der Waals surface area contributed by atoms with Crippen molar-refractivity contribution in [3.05, 3.63) is 42.3 Å². The normalized spacial score (nSPS) is 10.6. The van der Waals surface area contributed by atoms with Crippen molar-refractivity contribution in [1.29, 1.82) is 0 Å². The molecule has 0 aliphatic heterocycles. The Kier molecular flexibility index (Phi) is 4.92. The largest absolute Gasteiger partial charge is 0.492 e. The molecule has 2 aromatic heterocycles. The van der Waals surface area contributed by atoms with Gasteiger partial charge in [0.15, 0.2) is 4.34 Å². The second kappa shape index (κ2) is 7.28. The van der Waals surface area contributed by atoms with Crippen molar-refractivity contribution in [1.82, 2.24) is 15.4 Å². The molecule has 114 valence electrons. The smallest absolute Gasteiger partial charge is 0.210 e. The number of aromatic nitrogens is 3. The lowest BCUT2D eigenvalue weighted by Crippen LogP contribution is -1.97. The standard InChI is InChI=1S/C14H14N4O2S2/c1-2-19-12-6-4-3-5-11(12)15-13-16-17-14(22-13)21-9-10-7-8-20-18-10/h3-8H,2,9H2,1H3,(H,15,16). The summed E-state index contributed by atoms with van der Waals surface area (Å²) in [6, 6.07) is 9.61. The van der Waals surface area contributed by atoms with Crippen molar-refractivity contribution >= 4 is 33.9 Å². The molecule has 1 N–H and O–H groups in total. The summed E-state index contributed by atoms with van der Waals surface area (Å²) in [4.78, 5) is 0. The Bertz CT molecular complexity index is 715. The van der Waals surface area contributed by atoms with Gasteiger partial charge in [-0.3, -0.25) is 0 Å². The van der Waals surface area contributed by atoms with E-state index in [-0.39, 0.29) is 0 Å². The number of rotatable bonds is 7. The summed E-state index contributed by atoms with van der Waals surface area (Å²) in [5, 5.41) is 16.1. The number of para-hydroxylation sites is 2. The summed E-state index contributed by atoms with van der Waals surface area (Å²) in [7, 11) is 0. The molecule has 0 aliphatic carbocycles.